The number of aromatic hydroxyl groups is 1. The molecule has 2 aromatic rings. The number of aromatic nitrogens is 1. The number of nitrogens with zero attached hydrogens (tertiary/aromatic N) is 1. The number of rotatable bonds is 5. The molecule has 0 spiro atoms. The summed E-state index contributed by atoms with van der Waals surface area (Å²) < 4.78 is 0. The van der Waals surface area contributed by atoms with Crippen molar-refractivity contribution in [2.24, 2.45) is 0 Å². The van der Waals surface area contributed by atoms with Gasteiger partial charge in [0.15, 0.2) is 0 Å². The highest BCUT2D eigenvalue weighted by Gasteiger charge is 2.16. The molecule has 19 heavy (non-hydrogen) atoms. The van der Waals surface area contributed by atoms with E-state index >= 15 is 0 Å². The zero-order valence-corrected chi connectivity index (χ0v) is 11.4. The lowest BCUT2D eigenvalue weighted by Gasteiger charge is -2.23. The van der Waals surface area contributed by atoms with Crippen molar-refractivity contribution < 1.29 is 5.11 Å². The van der Waals surface area contributed by atoms with Crippen LogP contribution in [0.2, 0.25) is 0 Å². The fraction of sp³-hybridized carbons (Fsp3) is 0.312. The lowest BCUT2D eigenvalue weighted by molar-refractivity contribution is 0.419. The first-order valence-corrected chi connectivity index (χ1v) is 6.66. The molecule has 2 unspecified atom stereocenters. The molecule has 0 bridgehead atoms. The average molecular weight is 256 g/mol. The molecule has 1 aromatic heterocycles. The number of pyridine rings is 1. The zero-order chi connectivity index (χ0) is 13.7. The van der Waals surface area contributed by atoms with Crippen LogP contribution in [0.3, 0.4) is 0 Å². The first kappa shape index (κ1) is 13.6. The Labute approximate surface area is 114 Å². The van der Waals surface area contributed by atoms with Crippen molar-refractivity contribution in [3.05, 3.63) is 59.9 Å². The lowest BCUT2D eigenvalue weighted by atomic mass is 10.0. The first-order valence-electron chi connectivity index (χ1n) is 6.66. The molecule has 2 atom stereocenters. The SMILES string of the molecule is CCC(NC(C)c1ccncc1)c1ccccc1O. The van der Waals surface area contributed by atoms with Crippen LogP contribution >= 0.6 is 0 Å². The van der Waals surface area contributed by atoms with Gasteiger partial charge in [-0.25, -0.2) is 0 Å². The minimum absolute atomic E-state index is 0.143. The zero-order valence-electron chi connectivity index (χ0n) is 11.4. The molecule has 1 aromatic carbocycles. The smallest absolute Gasteiger partial charge is 0.120 e. The molecular weight excluding hydrogens is 236 g/mol. The predicted octanol–water partition coefficient (Wildman–Crippen LogP) is 3.59. The maximum absolute atomic E-state index is 9.95. The van der Waals surface area contributed by atoms with Crippen LogP contribution in [0.5, 0.6) is 5.75 Å². The van der Waals surface area contributed by atoms with E-state index in [0.29, 0.717) is 5.75 Å². The van der Waals surface area contributed by atoms with Crippen LogP contribution in [0.15, 0.2) is 48.8 Å². The molecule has 100 valence electrons. The molecule has 0 radical (unpaired) electrons. The van der Waals surface area contributed by atoms with Gasteiger partial charge in [0.2, 0.25) is 0 Å². The third-order valence-corrected chi connectivity index (χ3v) is 3.38. The second-order valence-corrected chi connectivity index (χ2v) is 4.69. The van der Waals surface area contributed by atoms with Gasteiger partial charge < -0.3 is 10.4 Å². The van der Waals surface area contributed by atoms with E-state index in [1.54, 1.807) is 18.5 Å². The lowest BCUT2D eigenvalue weighted by Crippen LogP contribution is -2.24. The Morgan fingerprint density at radius 2 is 1.84 bits per heavy atom. The highest BCUT2D eigenvalue weighted by atomic mass is 16.3. The highest BCUT2D eigenvalue weighted by Crippen LogP contribution is 2.28. The van der Waals surface area contributed by atoms with Gasteiger partial charge in [0.1, 0.15) is 5.75 Å². The molecule has 2 rings (SSSR count). The van der Waals surface area contributed by atoms with Gasteiger partial charge in [-0.05, 0) is 37.1 Å². The summed E-state index contributed by atoms with van der Waals surface area (Å²) in [5.41, 5.74) is 2.15. The Bertz CT molecular complexity index is 513. The van der Waals surface area contributed by atoms with Crippen molar-refractivity contribution in [3.8, 4) is 5.75 Å². The molecule has 3 heteroatoms. The molecule has 0 saturated heterocycles. The van der Waals surface area contributed by atoms with Crippen LogP contribution in [0, 0.1) is 0 Å². The van der Waals surface area contributed by atoms with Crippen molar-refractivity contribution in [2.75, 3.05) is 0 Å². The van der Waals surface area contributed by atoms with Crippen LogP contribution in [-0.4, -0.2) is 10.1 Å². The van der Waals surface area contributed by atoms with E-state index < -0.39 is 0 Å². The van der Waals surface area contributed by atoms with Crippen LogP contribution in [0.25, 0.3) is 0 Å². The van der Waals surface area contributed by atoms with Crippen LogP contribution in [0.1, 0.15) is 43.5 Å². The van der Waals surface area contributed by atoms with Crippen LogP contribution in [0.4, 0.5) is 0 Å². The third-order valence-electron chi connectivity index (χ3n) is 3.38. The molecule has 0 aliphatic rings. The Morgan fingerprint density at radius 3 is 2.47 bits per heavy atom. The van der Waals surface area contributed by atoms with Gasteiger partial charge in [-0.1, -0.05) is 25.1 Å². The van der Waals surface area contributed by atoms with Gasteiger partial charge in [0, 0.05) is 30.0 Å². The highest BCUT2D eigenvalue weighted by molar-refractivity contribution is 5.34. The standard InChI is InChI=1S/C16H20N2O/c1-3-15(14-6-4-5-7-16(14)19)18-12(2)13-8-10-17-11-9-13/h4-12,15,18-19H,3H2,1-2H3. The Morgan fingerprint density at radius 1 is 1.16 bits per heavy atom. The average Bonchev–Trinajstić information content (AvgIpc) is 2.46. The number of benzene rings is 1. The molecule has 0 aliphatic carbocycles. The largest absolute Gasteiger partial charge is 0.508 e. The molecule has 0 fully saturated rings. The van der Waals surface area contributed by atoms with Crippen molar-refractivity contribution >= 4 is 0 Å². The Balaban J connectivity index is 2.14. The molecule has 0 amide bonds. The van der Waals surface area contributed by atoms with Crippen LogP contribution < -0.4 is 5.32 Å². The summed E-state index contributed by atoms with van der Waals surface area (Å²) in [6.45, 7) is 4.24. The summed E-state index contributed by atoms with van der Waals surface area (Å²) in [4.78, 5) is 4.03. The summed E-state index contributed by atoms with van der Waals surface area (Å²) >= 11 is 0. The molecule has 3 nitrogen and oxygen atoms in total. The minimum Gasteiger partial charge on any atom is -0.508 e. The molecule has 1 heterocycles. The second kappa shape index (κ2) is 6.34. The molecule has 0 saturated carbocycles. The van der Waals surface area contributed by atoms with Gasteiger partial charge in [0.25, 0.3) is 0 Å². The third kappa shape index (κ3) is 3.32. The predicted molar refractivity (Wildman–Crippen MR) is 76.9 cm³/mol. The van der Waals surface area contributed by atoms with E-state index in [9.17, 15) is 5.11 Å². The number of nitrogens with one attached hydrogen (secondary N) is 1. The quantitative estimate of drug-likeness (QED) is 0.859. The minimum atomic E-state index is 0.143. The summed E-state index contributed by atoms with van der Waals surface area (Å²) in [5, 5.41) is 13.5. The Kier molecular flexibility index (Phi) is 4.53. The van der Waals surface area contributed by atoms with Gasteiger partial charge >= 0.3 is 0 Å². The molecular formula is C16H20N2O. The van der Waals surface area contributed by atoms with Crippen molar-refractivity contribution in [1.82, 2.24) is 10.3 Å². The normalized spacial score (nSPS) is 14.0. The number of hydrogen-bond acceptors (Lipinski definition) is 3. The van der Waals surface area contributed by atoms with Crippen molar-refractivity contribution in [2.45, 2.75) is 32.4 Å². The Hall–Kier alpha value is -1.87. The fourth-order valence-electron chi connectivity index (χ4n) is 2.26. The van der Waals surface area contributed by atoms with E-state index in [1.807, 2.05) is 30.3 Å². The molecule has 0 aliphatic heterocycles. The summed E-state index contributed by atoms with van der Waals surface area (Å²) in [7, 11) is 0. The van der Waals surface area contributed by atoms with E-state index in [1.165, 1.54) is 5.56 Å². The van der Waals surface area contributed by atoms with Gasteiger partial charge in [-0.15, -0.1) is 0 Å². The summed E-state index contributed by atoms with van der Waals surface area (Å²) in [5.74, 6) is 0.351. The molecule has 2 N–H and O–H groups in total. The van der Waals surface area contributed by atoms with Crippen molar-refractivity contribution in [1.29, 1.82) is 0 Å². The number of para-hydroxylation sites is 1. The van der Waals surface area contributed by atoms with Gasteiger partial charge in [-0.3, -0.25) is 4.98 Å². The maximum Gasteiger partial charge on any atom is 0.120 e. The number of phenols is 1. The monoisotopic (exact) mass is 256 g/mol. The van der Waals surface area contributed by atoms with Crippen LogP contribution in [-0.2, 0) is 0 Å². The topological polar surface area (TPSA) is 45.2 Å². The maximum atomic E-state index is 9.95. The number of phenolic OH excluding ortho intramolecular Hbond substituents is 1. The van der Waals surface area contributed by atoms with Crippen molar-refractivity contribution in [3.63, 3.8) is 0 Å². The second-order valence-electron chi connectivity index (χ2n) is 4.69. The van der Waals surface area contributed by atoms with Gasteiger partial charge in [-0.2, -0.15) is 0 Å². The van der Waals surface area contributed by atoms with E-state index in [2.05, 4.69) is 24.1 Å². The van der Waals surface area contributed by atoms with Gasteiger partial charge in [0.05, 0.1) is 0 Å². The van der Waals surface area contributed by atoms with E-state index in [-0.39, 0.29) is 12.1 Å². The fourth-order valence-corrected chi connectivity index (χ4v) is 2.26. The first-order chi connectivity index (χ1) is 9.22. The van der Waals surface area contributed by atoms with E-state index in [4.69, 9.17) is 0 Å². The summed E-state index contributed by atoms with van der Waals surface area (Å²) in [6, 6.07) is 11.9. The number of hydrogen-bond donors (Lipinski definition) is 2. The van der Waals surface area contributed by atoms with E-state index in [0.717, 1.165) is 12.0 Å². The summed E-state index contributed by atoms with van der Waals surface area (Å²) in [6.07, 6.45) is 4.52.